The first kappa shape index (κ1) is 19.8. The van der Waals surface area contributed by atoms with E-state index in [4.69, 9.17) is 74.3 Å². The van der Waals surface area contributed by atoms with E-state index in [2.05, 4.69) is 15.4 Å². The fourth-order valence-corrected chi connectivity index (χ4v) is 2.68. The van der Waals surface area contributed by atoms with Gasteiger partial charge >= 0.3 is 0 Å². The molecule has 0 aliphatic carbocycles. The third kappa shape index (κ3) is 4.78. The molecule has 0 saturated carbocycles. The number of rotatable bonds is 3. The van der Waals surface area contributed by atoms with Gasteiger partial charge in [-0.1, -0.05) is 99.9 Å². The average Bonchev–Trinajstić information content (AvgIpc) is 2.51. The maximum Gasteiger partial charge on any atom is 0.235 e. The zero-order valence-corrected chi connectivity index (χ0v) is 16.5. The molecule has 10 heteroatoms. The minimum atomic E-state index is -1.93. The molecule has 0 unspecified atom stereocenters. The molecule has 0 spiro atoms. The number of hydrogen-bond acceptors (Lipinski definition) is 4. The van der Waals surface area contributed by atoms with Gasteiger partial charge in [0.2, 0.25) is 7.59 Å². The molecule has 128 valence electrons. The lowest BCUT2D eigenvalue weighted by atomic mass is 10.1. The topological polar surface area (TPSA) is 47.9 Å². The molecule has 2 rings (SSSR count). The van der Waals surface area contributed by atoms with Crippen molar-refractivity contribution in [3.05, 3.63) is 52.8 Å². The number of benzene rings is 1. The highest BCUT2D eigenvalue weighted by Gasteiger charge is 2.38. The molecule has 4 nitrogen and oxygen atoms in total. The van der Waals surface area contributed by atoms with E-state index in [1.165, 1.54) is 7.11 Å². The summed E-state index contributed by atoms with van der Waals surface area (Å²) in [6, 6.07) is 9.29. The second-order valence-electron chi connectivity index (χ2n) is 4.48. The Bertz CT molecular complexity index is 708. The Hall–Kier alpha value is -0.490. The normalized spacial score (nSPS) is 13.0. The van der Waals surface area contributed by atoms with Crippen LogP contribution in [0.15, 0.2) is 30.3 Å². The van der Waals surface area contributed by atoms with E-state index in [0.717, 1.165) is 5.56 Å². The number of nitrogens with zero attached hydrogens (tertiary/aromatic N) is 3. The van der Waals surface area contributed by atoms with Crippen LogP contribution in [-0.4, -0.2) is 22.5 Å². The molecule has 2 aromatic rings. The van der Waals surface area contributed by atoms with Gasteiger partial charge in [-0.15, -0.1) is 10.2 Å². The van der Waals surface area contributed by atoms with Crippen LogP contribution in [0.4, 0.5) is 0 Å². The Kier molecular flexibility index (Phi) is 6.46. The fraction of sp³-hybridized carbons (Fsp3) is 0.214. The van der Waals surface area contributed by atoms with E-state index < -0.39 is 7.59 Å². The van der Waals surface area contributed by atoms with E-state index in [1.54, 1.807) is 6.08 Å². The van der Waals surface area contributed by atoms with Crippen LogP contribution in [0.2, 0.25) is 0 Å². The molecule has 0 bridgehead atoms. The zero-order chi connectivity index (χ0) is 18.0. The van der Waals surface area contributed by atoms with Crippen molar-refractivity contribution in [1.29, 1.82) is 0 Å². The minimum absolute atomic E-state index is 0.0622. The Labute approximate surface area is 168 Å². The van der Waals surface area contributed by atoms with Gasteiger partial charge in [0.25, 0.3) is 0 Å². The Morgan fingerprint density at radius 1 is 0.917 bits per heavy atom. The van der Waals surface area contributed by atoms with Crippen LogP contribution in [0, 0.1) is 0 Å². The van der Waals surface area contributed by atoms with Crippen molar-refractivity contribution >= 4 is 81.4 Å². The summed E-state index contributed by atoms with van der Waals surface area (Å²) in [5.74, 6) is 0.256. The molecule has 0 aliphatic heterocycles. The van der Waals surface area contributed by atoms with Gasteiger partial charge in [-0.05, 0) is 16.9 Å². The van der Waals surface area contributed by atoms with Gasteiger partial charge in [-0.25, -0.2) is 0 Å². The maximum absolute atomic E-state index is 5.98. The van der Waals surface area contributed by atoms with Crippen LogP contribution < -0.4 is 0 Å². The van der Waals surface area contributed by atoms with Crippen molar-refractivity contribution in [2.75, 3.05) is 7.11 Å². The predicted octanol–water partition coefficient (Wildman–Crippen LogP) is 5.67. The Morgan fingerprint density at radius 2 is 1.42 bits per heavy atom. The quantitative estimate of drug-likeness (QED) is 0.449. The highest BCUT2D eigenvalue weighted by atomic mass is 35.6. The summed E-state index contributed by atoms with van der Waals surface area (Å²) >= 11 is 35.9. The fourth-order valence-electron chi connectivity index (χ4n) is 1.89. The van der Waals surface area contributed by atoms with E-state index in [-0.39, 0.29) is 22.7 Å². The average molecular weight is 448 g/mol. The SMILES string of the molecule is COC(=Cc1ccccc1)c1c(C(Cl)(Cl)Cl)nnnc1C(Cl)(Cl)Cl. The first-order valence-electron chi connectivity index (χ1n) is 6.33. The third-order valence-electron chi connectivity index (χ3n) is 2.86. The van der Waals surface area contributed by atoms with Gasteiger partial charge in [0.15, 0.2) is 0 Å². The summed E-state index contributed by atoms with van der Waals surface area (Å²) in [5.41, 5.74) is 0.841. The summed E-state index contributed by atoms with van der Waals surface area (Å²) in [4.78, 5) is 0. The Morgan fingerprint density at radius 3 is 1.83 bits per heavy atom. The first-order chi connectivity index (χ1) is 11.1. The van der Waals surface area contributed by atoms with Gasteiger partial charge in [-0.2, -0.15) is 0 Å². The van der Waals surface area contributed by atoms with E-state index in [0.29, 0.717) is 0 Å². The van der Waals surface area contributed by atoms with Gasteiger partial charge in [0.05, 0.1) is 12.7 Å². The first-order valence-corrected chi connectivity index (χ1v) is 8.60. The number of ether oxygens (including phenoxy) is 1. The second-order valence-corrected chi connectivity index (χ2v) is 9.04. The number of alkyl halides is 6. The molecule has 1 aromatic carbocycles. The molecule has 0 N–H and O–H groups in total. The zero-order valence-electron chi connectivity index (χ0n) is 12.0. The van der Waals surface area contributed by atoms with E-state index >= 15 is 0 Å². The summed E-state index contributed by atoms with van der Waals surface area (Å²) in [5, 5.41) is 11.1. The van der Waals surface area contributed by atoms with Crippen LogP contribution in [0.1, 0.15) is 22.5 Å². The number of methoxy groups -OCH3 is 1. The van der Waals surface area contributed by atoms with Crippen molar-refractivity contribution < 1.29 is 4.74 Å². The molecule has 0 radical (unpaired) electrons. The molecule has 0 fully saturated rings. The standard InChI is InChI=1S/C14H9Cl6N3O/c1-24-9(7-8-5-3-2-4-6-8)10-11(13(15,16)17)21-23-22-12(10)14(18,19)20/h2-7H,1H3. The van der Waals surface area contributed by atoms with Crippen molar-refractivity contribution in [1.82, 2.24) is 15.4 Å². The van der Waals surface area contributed by atoms with Crippen molar-refractivity contribution in [3.63, 3.8) is 0 Å². The van der Waals surface area contributed by atoms with Crippen molar-refractivity contribution in [2.24, 2.45) is 0 Å². The monoisotopic (exact) mass is 445 g/mol. The molecular weight excluding hydrogens is 439 g/mol. The highest BCUT2D eigenvalue weighted by molar-refractivity contribution is 6.67. The summed E-state index contributed by atoms with van der Waals surface area (Å²) in [6.45, 7) is 0. The van der Waals surface area contributed by atoms with Crippen molar-refractivity contribution in [2.45, 2.75) is 7.59 Å². The van der Waals surface area contributed by atoms with Crippen LogP contribution in [0.5, 0.6) is 0 Å². The minimum Gasteiger partial charge on any atom is -0.496 e. The van der Waals surface area contributed by atoms with E-state index in [9.17, 15) is 0 Å². The lowest BCUT2D eigenvalue weighted by Crippen LogP contribution is -2.19. The highest BCUT2D eigenvalue weighted by Crippen LogP contribution is 2.46. The van der Waals surface area contributed by atoms with Crippen LogP contribution >= 0.6 is 69.6 Å². The molecular formula is C14H9Cl6N3O. The van der Waals surface area contributed by atoms with Crippen LogP contribution in [0.25, 0.3) is 11.8 Å². The van der Waals surface area contributed by atoms with Crippen LogP contribution in [0.3, 0.4) is 0 Å². The maximum atomic E-state index is 5.98. The smallest absolute Gasteiger partial charge is 0.235 e. The summed E-state index contributed by atoms with van der Waals surface area (Å²) in [6.07, 6.45) is 1.68. The number of aromatic nitrogens is 3. The van der Waals surface area contributed by atoms with E-state index in [1.807, 2.05) is 30.3 Å². The second kappa shape index (κ2) is 7.81. The summed E-state index contributed by atoms with van der Waals surface area (Å²) in [7, 11) is 1.43. The van der Waals surface area contributed by atoms with Gasteiger partial charge in [0.1, 0.15) is 17.1 Å². The molecule has 1 aromatic heterocycles. The number of halogens is 6. The van der Waals surface area contributed by atoms with Gasteiger partial charge in [-0.3, -0.25) is 0 Å². The molecule has 0 atom stereocenters. The third-order valence-corrected chi connectivity index (χ3v) is 3.94. The molecule has 0 amide bonds. The lowest BCUT2D eigenvalue weighted by Gasteiger charge is -2.21. The largest absolute Gasteiger partial charge is 0.496 e. The van der Waals surface area contributed by atoms with Crippen molar-refractivity contribution in [3.8, 4) is 0 Å². The van der Waals surface area contributed by atoms with Gasteiger partial charge < -0.3 is 4.74 Å². The molecule has 0 saturated heterocycles. The van der Waals surface area contributed by atoms with Crippen LogP contribution in [-0.2, 0) is 12.3 Å². The summed E-state index contributed by atoms with van der Waals surface area (Å²) < 4.78 is 1.56. The lowest BCUT2D eigenvalue weighted by molar-refractivity contribution is 0.370. The Balaban J connectivity index is 2.76. The number of hydrogen-bond donors (Lipinski definition) is 0. The molecule has 24 heavy (non-hydrogen) atoms. The molecule has 0 aliphatic rings. The van der Waals surface area contributed by atoms with Gasteiger partial charge in [0, 0.05) is 0 Å². The predicted molar refractivity (Wildman–Crippen MR) is 99.6 cm³/mol. The molecule has 1 heterocycles.